The normalized spacial score (nSPS) is 11.1. The highest BCUT2D eigenvalue weighted by Gasteiger charge is 2.33. The van der Waals surface area contributed by atoms with Gasteiger partial charge < -0.3 is 15.4 Å². The van der Waals surface area contributed by atoms with Gasteiger partial charge in [0.05, 0.1) is 12.2 Å². The number of amides is 1. The van der Waals surface area contributed by atoms with E-state index in [1.54, 1.807) is 24.3 Å². The summed E-state index contributed by atoms with van der Waals surface area (Å²) >= 11 is 5.63. The lowest BCUT2D eigenvalue weighted by molar-refractivity contribution is -0.137. The van der Waals surface area contributed by atoms with Crippen molar-refractivity contribution in [2.45, 2.75) is 19.5 Å². The van der Waals surface area contributed by atoms with Crippen LogP contribution in [0.15, 0.2) is 42.5 Å². The Morgan fingerprint density at radius 3 is 2.46 bits per heavy atom. The Morgan fingerprint density at radius 2 is 1.85 bits per heavy atom. The number of anilines is 2. The second-order valence-corrected chi connectivity index (χ2v) is 5.81. The van der Waals surface area contributed by atoms with Gasteiger partial charge in [0, 0.05) is 29.4 Å². The molecule has 1 amide bonds. The highest BCUT2D eigenvalue weighted by atomic mass is 35.5. The summed E-state index contributed by atoms with van der Waals surface area (Å²) in [6.07, 6.45) is -4.52. The van der Waals surface area contributed by atoms with Crippen LogP contribution in [0.5, 0.6) is 5.75 Å². The molecule has 2 rings (SSSR count). The monoisotopic (exact) mass is 386 g/mol. The van der Waals surface area contributed by atoms with E-state index in [1.165, 1.54) is 12.1 Å². The van der Waals surface area contributed by atoms with Gasteiger partial charge in [0.1, 0.15) is 5.75 Å². The van der Waals surface area contributed by atoms with Gasteiger partial charge in [-0.15, -0.1) is 0 Å². The summed E-state index contributed by atoms with van der Waals surface area (Å²) in [5.74, 6) is 0.374. The smallest absolute Gasteiger partial charge is 0.418 e. The highest BCUT2D eigenvalue weighted by molar-refractivity contribution is 6.30. The standard InChI is InChI=1S/C18H18ClF3N2O2/c1-2-26-14-6-4-13(5-7-14)24-17(25)9-10-23-16-8-3-12(19)11-15(16)18(20,21)22/h3-8,11,23H,2,9-10H2,1H3,(H,24,25). The molecule has 0 aliphatic heterocycles. The number of halogens is 4. The molecule has 8 heteroatoms. The van der Waals surface area contributed by atoms with Crippen LogP contribution >= 0.6 is 11.6 Å². The molecular formula is C18H18ClF3N2O2. The number of hydrogen-bond acceptors (Lipinski definition) is 3. The molecule has 0 spiro atoms. The number of benzene rings is 2. The minimum atomic E-state index is -4.53. The van der Waals surface area contributed by atoms with Crippen molar-refractivity contribution in [3.8, 4) is 5.75 Å². The van der Waals surface area contributed by atoms with Crippen LogP contribution in [0.3, 0.4) is 0 Å². The van der Waals surface area contributed by atoms with Crippen LogP contribution in [0, 0.1) is 0 Å². The number of alkyl halides is 3. The third-order valence-corrected chi connectivity index (χ3v) is 3.64. The molecule has 0 atom stereocenters. The second-order valence-electron chi connectivity index (χ2n) is 5.37. The number of carbonyl (C=O) groups excluding carboxylic acids is 1. The maximum atomic E-state index is 13.0. The number of hydrogen-bond donors (Lipinski definition) is 2. The Bertz CT molecular complexity index is 749. The molecule has 2 N–H and O–H groups in total. The minimum Gasteiger partial charge on any atom is -0.494 e. The third-order valence-electron chi connectivity index (χ3n) is 3.40. The molecule has 0 saturated carbocycles. The van der Waals surface area contributed by atoms with Crippen molar-refractivity contribution in [3.05, 3.63) is 53.1 Å². The fourth-order valence-electron chi connectivity index (χ4n) is 2.24. The molecule has 0 heterocycles. The first-order chi connectivity index (χ1) is 12.3. The molecule has 0 fully saturated rings. The lowest BCUT2D eigenvalue weighted by Gasteiger charge is -2.15. The van der Waals surface area contributed by atoms with Crippen molar-refractivity contribution < 1.29 is 22.7 Å². The van der Waals surface area contributed by atoms with Crippen LogP contribution < -0.4 is 15.4 Å². The van der Waals surface area contributed by atoms with E-state index in [2.05, 4.69) is 10.6 Å². The molecule has 0 aliphatic carbocycles. The zero-order chi connectivity index (χ0) is 19.2. The van der Waals surface area contributed by atoms with E-state index in [1.807, 2.05) is 6.92 Å². The summed E-state index contributed by atoms with van der Waals surface area (Å²) in [6, 6.07) is 10.3. The average Bonchev–Trinajstić information content (AvgIpc) is 2.57. The van der Waals surface area contributed by atoms with Crippen LogP contribution in [0.1, 0.15) is 18.9 Å². The third kappa shape index (κ3) is 5.84. The minimum absolute atomic E-state index is 0.00359. The summed E-state index contributed by atoms with van der Waals surface area (Å²) in [6.45, 7) is 2.46. The van der Waals surface area contributed by atoms with Gasteiger partial charge in [0.25, 0.3) is 0 Å². The zero-order valence-corrected chi connectivity index (χ0v) is 14.7. The summed E-state index contributed by atoms with van der Waals surface area (Å²) in [5.41, 5.74) is -0.395. The molecule has 140 valence electrons. The first kappa shape index (κ1) is 19.9. The number of nitrogens with one attached hydrogen (secondary N) is 2. The van der Waals surface area contributed by atoms with E-state index in [0.29, 0.717) is 18.0 Å². The van der Waals surface area contributed by atoms with E-state index in [0.717, 1.165) is 6.07 Å². The topological polar surface area (TPSA) is 50.4 Å². The summed E-state index contributed by atoms with van der Waals surface area (Å²) < 4.78 is 44.3. The fraction of sp³-hybridized carbons (Fsp3) is 0.278. The van der Waals surface area contributed by atoms with Crippen molar-refractivity contribution >= 4 is 28.9 Å². The van der Waals surface area contributed by atoms with Crippen LogP contribution in [0.4, 0.5) is 24.5 Å². The van der Waals surface area contributed by atoms with E-state index >= 15 is 0 Å². The van der Waals surface area contributed by atoms with Crippen molar-refractivity contribution in [1.82, 2.24) is 0 Å². The predicted molar refractivity (Wildman–Crippen MR) is 95.8 cm³/mol. The van der Waals surface area contributed by atoms with Crippen LogP contribution in [0.25, 0.3) is 0 Å². The SMILES string of the molecule is CCOc1ccc(NC(=O)CCNc2ccc(Cl)cc2C(F)(F)F)cc1. The molecule has 0 radical (unpaired) electrons. The maximum absolute atomic E-state index is 13.0. The Balaban J connectivity index is 1.89. The fourth-order valence-corrected chi connectivity index (χ4v) is 2.41. The quantitative estimate of drug-likeness (QED) is 0.687. The molecule has 0 saturated heterocycles. The molecule has 26 heavy (non-hydrogen) atoms. The molecule has 0 unspecified atom stereocenters. The zero-order valence-electron chi connectivity index (χ0n) is 14.0. The number of ether oxygens (including phenoxy) is 1. The van der Waals surface area contributed by atoms with Crippen LogP contribution in [-0.2, 0) is 11.0 Å². The first-order valence-electron chi connectivity index (χ1n) is 7.93. The predicted octanol–water partition coefficient (Wildman–Crippen LogP) is 5.20. The largest absolute Gasteiger partial charge is 0.494 e. The molecule has 0 bridgehead atoms. The van der Waals surface area contributed by atoms with Crippen molar-refractivity contribution in [2.75, 3.05) is 23.8 Å². The van der Waals surface area contributed by atoms with Gasteiger partial charge in [-0.1, -0.05) is 11.6 Å². The summed E-state index contributed by atoms with van der Waals surface area (Å²) in [4.78, 5) is 11.9. The van der Waals surface area contributed by atoms with Gasteiger partial charge in [-0.05, 0) is 49.4 Å². The van der Waals surface area contributed by atoms with Gasteiger partial charge in [-0.3, -0.25) is 4.79 Å². The van der Waals surface area contributed by atoms with Crippen LogP contribution in [0.2, 0.25) is 5.02 Å². The lowest BCUT2D eigenvalue weighted by Crippen LogP contribution is -2.18. The molecular weight excluding hydrogens is 369 g/mol. The Morgan fingerprint density at radius 1 is 1.15 bits per heavy atom. The lowest BCUT2D eigenvalue weighted by atomic mass is 10.1. The molecule has 2 aromatic carbocycles. The van der Waals surface area contributed by atoms with E-state index in [4.69, 9.17) is 16.3 Å². The molecule has 2 aromatic rings. The molecule has 0 aliphatic rings. The Labute approximate surface area is 154 Å². The van der Waals surface area contributed by atoms with E-state index in [-0.39, 0.29) is 29.6 Å². The van der Waals surface area contributed by atoms with Gasteiger partial charge >= 0.3 is 6.18 Å². The van der Waals surface area contributed by atoms with Crippen LogP contribution in [-0.4, -0.2) is 19.1 Å². The summed E-state index contributed by atoms with van der Waals surface area (Å²) in [7, 11) is 0. The van der Waals surface area contributed by atoms with Gasteiger partial charge in [-0.2, -0.15) is 13.2 Å². The van der Waals surface area contributed by atoms with Crippen molar-refractivity contribution in [2.24, 2.45) is 0 Å². The molecule has 4 nitrogen and oxygen atoms in total. The number of rotatable bonds is 7. The van der Waals surface area contributed by atoms with Gasteiger partial charge in [0.15, 0.2) is 0 Å². The molecule has 0 aromatic heterocycles. The van der Waals surface area contributed by atoms with E-state index < -0.39 is 11.7 Å². The summed E-state index contributed by atoms with van der Waals surface area (Å²) in [5, 5.41) is 5.30. The number of carbonyl (C=O) groups is 1. The second kappa shape index (κ2) is 8.80. The average molecular weight is 387 g/mol. The van der Waals surface area contributed by atoms with Crippen molar-refractivity contribution in [1.29, 1.82) is 0 Å². The van der Waals surface area contributed by atoms with E-state index in [9.17, 15) is 18.0 Å². The van der Waals surface area contributed by atoms with Gasteiger partial charge in [-0.25, -0.2) is 0 Å². The highest BCUT2D eigenvalue weighted by Crippen LogP contribution is 2.36. The first-order valence-corrected chi connectivity index (χ1v) is 8.30. The van der Waals surface area contributed by atoms with Crippen molar-refractivity contribution in [3.63, 3.8) is 0 Å². The Hall–Kier alpha value is -2.41. The van der Waals surface area contributed by atoms with Gasteiger partial charge in [0.2, 0.25) is 5.91 Å². The maximum Gasteiger partial charge on any atom is 0.418 e. The Kier molecular flexibility index (Phi) is 6.74.